The van der Waals surface area contributed by atoms with Crippen LogP contribution in [0.1, 0.15) is 42.6 Å². The summed E-state index contributed by atoms with van der Waals surface area (Å²) in [7, 11) is 1.74. The van der Waals surface area contributed by atoms with Crippen molar-refractivity contribution < 1.29 is 18.9 Å². The Balaban J connectivity index is 1.40. The molecule has 0 fully saturated rings. The van der Waals surface area contributed by atoms with Crippen molar-refractivity contribution in [2.24, 2.45) is 0 Å². The Hall–Kier alpha value is -4.06. The highest BCUT2D eigenvalue weighted by molar-refractivity contribution is 5.90. The molecule has 180 valence electrons. The van der Waals surface area contributed by atoms with Crippen molar-refractivity contribution in [1.29, 1.82) is 0 Å². The lowest BCUT2D eigenvalue weighted by molar-refractivity contribution is 0.0477. The minimum atomic E-state index is -0.424. The molecule has 0 saturated carbocycles. The van der Waals surface area contributed by atoms with Gasteiger partial charge in [-0.05, 0) is 60.9 Å². The highest BCUT2D eigenvalue weighted by atomic mass is 16.7. The Morgan fingerprint density at radius 2 is 1.66 bits per heavy atom. The first-order valence-corrected chi connectivity index (χ1v) is 11.9. The first-order chi connectivity index (χ1) is 17.1. The molecule has 0 radical (unpaired) electrons. The maximum Gasteiger partial charge on any atom is 0.363 e. The van der Waals surface area contributed by atoms with Crippen molar-refractivity contribution in [1.82, 2.24) is 5.16 Å². The Labute approximate surface area is 206 Å². The number of unbranched alkanes of at least 4 members (excludes halogenated alkanes) is 1. The number of aryl methyl sites for hydroxylation is 1. The van der Waals surface area contributed by atoms with Crippen LogP contribution in [0.15, 0.2) is 83.4 Å². The normalized spacial score (nSPS) is 10.7. The van der Waals surface area contributed by atoms with Crippen LogP contribution in [0.25, 0.3) is 22.6 Å². The minimum absolute atomic E-state index is 0.424. The minimum Gasteiger partial charge on any atom is -0.494 e. The highest BCUT2D eigenvalue weighted by Gasteiger charge is 2.15. The Kier molecular flexibility index (Phi) is 7.83. The predicted octanol–water partition coefficient (Wildman–Crippen LogP) is 6.96. The average Bonchev–Trinajstić information content (AvgIpc) is 3.39. The molecule has 6 nitrogen and oxygen atoms in total. The monoisotopic (exact) mass is 470 g/mol. The van der Waals surface area contributed by atoms with Crippen molar-refractivity contribution in [2.75, 3.05) is 18.7 Å². The summed E-state index contributed by atoms with van der Waals surface area (Å²) in [5.74, 6) is 1.08. The number of carbonyl (C=O) groups is 1. The maximum atomic E-state index is 12.7. The number of nitrogens with zero attached hydrogens (tertiary/aromatic N) is 2. The van der Waals surface area contributed by atoms with Crippen molar-refractivity contribution in [3.05, 3.63) is 90.0 Å². The van der Waals surface area contributed by atoms with E-state index in [1.165, 1.54) is 5.06 Å². The van der Waals surface area contributed by atoms with Gasteiger partial charge in [-0.2, -0.15) is 0 Å². The number of carbonyl (C=O) groups excluding carboxylic acids is 1. The zero-order valence-corrected chi connectivity index (χ0v) is 20.4. The molecule has 0 unspecified atom stereocenters. The molecule has 0 saturated heterocycles. The van der Waals surface area contributed by atoms with Gasteiger partial charge in [0.05, 0.1) is 17.9 Å². The quantitative estimate of drug-likeness (QED) is 0.184. The van der Waals surface area contributed by atoms with Gasteiger partial charge in [0, 0.05) is 24.2 Å². The summed E-state index contributed by atoms with van der Waals surface area (Å²) in [5, 5.41) is 5.71. The molecule has 0 aliphatic heterocycles. The van der Waals surface area contributed by atoms with Gasteiger partial charge in [0.15, 0.2) is 5.76 Å². The van der Waals surface area contributed by atoms with Gasteiger partial charge in [-0.1, -0.05) is 55.8 Å². The lowest BCUT2D eigenvalue weighted by Gasteiger charge is -2.20. The van der Waals surface area contributed by atoms with E-state index in [4.69, 9.17) is 14.1 Å². The fourth-order valence-corrected chi connectivity index (χ4v) is 3.72. The molecule has 0 N–H and O–H groups in total. The third kappa shape index (κ3) is 5.90. The van der Waals surface area contributed by atoms with Crippen LogP contribution in [-0.4, -0.2) is 24.8 Å². The van der Waals surface area contributed by atoms with E-state index in [2.05, 4.69) is 19.0 Å². The largest absolute Gasteiger partial charge is 0.494 e. The van der Waals surface area contributed by atoms with Gasteiger partial charge in [0.1, 0.15) is 11.4 Å². The number of rotatable bonds is 10. The third-order valence-electron chi connectivity index (χ3n) is 5.76. The van der Waals surface area contributed by atoms with E-state index in [1.807, 2.05) is 66.7 Å². The van der Waals surface area contributed by atoms with Crippen molar-refractivity contribution >= 4 is 11.7 Å². The number of benzene rings is 3. The summed E-state index contributed by atoms with van der Waals surface area (Å²) >= 11 is 0. The topological polar surface area (TPSA) is 64.8 Å². The number of para-hydroxylation sites is 1. The van der Waals surface area contributed by atoms with E-state index in [0.29, 0.717) is 23.6 Å². The number of hydrogen-bond donors (Lipinski definition) is 0. The smallest absolute Gasteiger partial charge is 0.363 e. The van der Waals surface area contributed by atoms with E-state index in [1.54, 1.807) is 19.2 Å². The molecule has 35 heavy (non-hydrogen) atoms. The Morgan fingerprint density at radius 3 is 2.37 bits per heavy atom. The van der Waals surface area contributed by atoms with E-state index >= 15 is 0 Å². The Morgan fingerprint density at radius 1 is 0.943 bits per heavy atom. The summed E-state index contributed by atoms with van der Waals surface area (Å²) < 4.78 is 11.3. The van der Waals surface area contributed by atoms with Gasteiger partial charge in [0.2, 0.25) is 0 Å². The molecule has 0 bridgehead atoms. The van der Waals surface area contributed by atoms with Gasteiger partial charge < -0.3 is 14.1 Å². The predicted molar refractivity (Wildman–Crippen MR) is 137 cm³/mol. The fourth-order valence-electron chi connectivity index (χ4n) is 3.72. The van der Waals surface area contributed by atoms with Crippen LogP contribution in [-0.2, 0) is 11.3 Å². The van der Waals surface area contributed by atoms with Crippen molar-refractivity contribution in [3.8, 4) is 28.3 Å². The molecule has 3 aromatic carbocycles. The molecule has 6 heteroatoms. The molecule has 1 aromatic heterocycles. The zero-order valence-electron chi connectivity index (χ0n) is 20.4. The number of aromatic nitrogens is 1. The van der Waals surface area contributed by atoms with Gasteiger partial charge in [0.25, 0.3) is 0 Å². The highest BCUT2D eigenvalue weighted by Crippen LogP contribution is 2.28. The summed E-state index contributed by atoms with van der Waals surface area (Å²) in [6.07, 6.45) is 2.99. The molecule has 4 rings (SSSR count). The first-order valence-electron chi connectivity index (χ1n) is 11.9. The second-order valence-corrected chi connectivity index (χ2v) is 8.24. The molecule has 0 atom stereocenters. The molecule has 0 amide bonds. The summed E-state index contributed by atoms with van der Waals surface area (Å²) in [6, 6.07) is 24.7. The van der Waals surface area contributed by atoms with Crippen LogP contribution in [0.4, 0.5) is 5.69 Å². The molecular weight excluding hydrogens is 440 g/mol. The zero-order chi connectivity index (χ0) is 24.6. The van der Waals surface area contributed by atoms with Gasteiger partial charge in [-0.3, -0.25) is 0 Å². The number of hydrogen-bond acceptors (Lipinski definition) is 6. The number of hydroxylamine groups is 1. The van der Waals surface area contributed by atoms with E-state index in [0.717, 1.165) is 47.4 Å². The fraction of sp³-hybridized carbons (Fsp3) is 0.241. The van der Waals surface area contributed by atoms with Crippen LogP contribution < -0.4 is 9.80 Å². The van der Waals surface area contributed by atoms with Crippen LogP contribution in [0.2, 0.25) is 0 Å². The lowest BCUT2D eigenvalue weighted by atomic mass is 10.1. The van der Waals surface area contributed by atoms with Crippen LogP contribution in [0, 0.1) is 0 Å². The lowest BCUT2D eigenvalue weighted by Crippen LogP contribution is -2.23. The summed E-state index contributed by atoms with van der Waals surface area (Å²) in [4.78, 5) is 18.2. The Bertz CT molecular complexity index is 1250. The van der Waals surface area contributed by atoms with Crippen LogP contribution in [0.3, 0.4) is 0 Å². The van der Waals surface area contributed by atoms with Crippen molar-refractivity contribution in [2.45, 2.75) is 33.1 Å². The standard InChI is InChI=1S/C29H30N2O4/c1-4-6-19-33-25-17-15-23(16-18-25)28-20-26(30-34-28)22-11-13-24(14-12-22)29(32)35-31(3)27-10-8-7-9-21(27)5-2/h7-18,20H,4-6,19H2,1-3H3. The van der Waals surface area contributed by atoms with Crippen molar-refractivity contribution in [3.63, 3.8) is 0 Å². The summed E-state index contributed by atoms with van der Waals surface area (Å²) in [6.45, 7) is 4.92. The molecule has 0 aliphatic carbocycles. The SMILES string of the molecule is CCCCOc1ccc(-c2cc(-c3ccc(C(=O)ON(C)c4ccccc4CC)cc3)no2)cc1. The number of ether oxygens (including phenoxy) is 1. The third-order valence-corrected chi connectivity index (χ3v) is 5.76. The van der Waals surface area contributed by atoms with Crippen LogP contribution in [0.5, 0.6) is 5.75 Å². The number of anilines is 1. The summed E-state index contributed by atoms with van der Waals surface area (Å²) in [5.41, 5.74) is 4.89. The van der Waals surface area contributed by atoms with Gasteiger partial charge >= 0.3 is 5.97 Å². The van der Waals surface area contributed by atoms with E-state index < -0.39 is 5.97 Å². The molecule has 0 aliphatic rings. The van der Waals surface area contributed by atoms with Gasteiger partial charge in [-0.15, -0.1) is 0 Å². The van der Waals surface area contributed by atoms with Crippen LogP contribution >= 0.6 is 0 Å². The molecular formula is C29H30N2O4. The molecule has 0 spiro atoms. The van der Waals surface area contributed by atoms with E-state index in [9.17, 15) is 4.79 Å². The maximum absolute atomic E-state index is 12.7. The second kappa shape index (κ2) is 11.4. The molecule has 4 aromatic rings. The first kappa shape index (κ1) is 24.1. The molecule has 1 heterocycles. The average molecular weight is 471 g/mol. The van der Waals surface area contributed by atoms with E-state index in [-0.39, 0.29) is 0 Å². The van der Waals surface area contributed by atoms with Gasteiger partial charge in [-0.25, -0.2) is 9.86 Å². The second-order valence-electron chi connectivity index (χ2n) is 8.24.